The van der Waals surface area contributed by atoms with E-state index in [-0.39, 0.29) is 11.4 Å². The van der Waals surface area contributed by atoms with E-state index in [0.717, 1.165) is 10.4 Å². The van der Waals surface area contributed by atoms with Crippen molar-refractivity contribution in [1.82, 2.24) is 4.90 Å². The number of hydrogen-bond acceptors (Lipinski definition) is 5. The van der Waals surface area contributed by atoms with Crippen LogP contribution >= 0.6 is 11.3 Å². The van der Waals surface area contributed by atoms with E-state index >= 15 is 0 Å². The predicted molar refractivity (Wildman–Crippen MR) is 89.5 cm³/mol. The zero-order valence-electron chi connectivity index (χ0n) is 14.2. The second kappa shape index (κ2) is 6.45. The van der Waals surface area contributed by atoms with E-state index in [1.807, 2.05) is 18.4 Å². The zero-order valence-corrected chi connectivity index (χ0v) is 15.0. The number of aliphatic hydroxyl groups excluding tert-OH is 1. The maximum atomic E-state index is 12.8. The van der Waals surface area contributed by atoms with Crippen LogP contribution in [0.1, 0.15) is 37.3 Å². The molecule has 1 amide bonds. The summed E-state index contributed by atoms with van der Waals surface area (Å²) in [6, 6.07) is 1.41. The van der Waals surface area contributed by atoms with Crippen LogP contribution in [0.4, 0.5) is 0 Å². The summed E-state index contributed by atoms with van der Waals surface area (Å²) >= 11 is 1.49. The van der Waals surface area contributed by atoms with Crippen LogP contribution in [0, 0.1) is 12.3 Å². The number of rotatable bonds is 5. The first-order valence-electron chi connectivity index (χ1n) is 7.52. The summed E-state index contributed by atoms with van der Waals surface area (Å²) in [4.78, 5) is 27.8. The fourth-order valence-corrected chi connectivity index (χ4v) is 3.69. The molecule has 1 aliphatic rings. The molecule has 0 fully saturated rings. The van der Waals surface area contributed by atoms with Crippen molar-refractivity contribution in [2.24, 2.45) is 5.41 Å². The van der Waals surface area contributed by atoms with E-state index in [9.17, 15) is 14.7 Å². The molecule has 2 heterocycles. The monoisotopic (exact) mass is 337 g/mol. The SMILES string of the molecule is COCCN1C(=O)C(O)=C(C(=O)C(C)(C)C)C1c1sccc1C. The van der Waals surface area contributed by atoms with Gasteiger partial charge in [0.1, 0.15) is 0 Å². The molecule has 0 aliphatic carbocycles. The summed E-state index contributed by atoms with van der Waals surface area (Å²) in [7, 11) is 1.56. The minimum absolute atomic E-state index is 0.198. The van der Waals surface area contributed by atoms with Gasteiger partial charge in [-0.1, -0.05) is 20.8 Å². The number of ether oxygens (including phenoxy) is 1. The lowest BCUT2D eigenvalue weighted by Gasteiger charge is -2.28. The van der Waals surface area contributed by atoms with Crippen LogP contribution in [0.25, 0.3) is 0 Å². The van der Waals surface area contributed by atoms with Gasteiger partial charge in [-0.2, -0.15) is 0 Å². The number of aliphatic hydroxyl groups is 1. The Labute approximate surface area is 140 Å². The van der Waals surface area contributed by atoms with Crippen molar-refractivity contribution in [3.63, 3.8) is 0 Å². The van der Waals surface area contributed by atoms with Crippen molar-refractivity contribution in [3.05, 3.63) is 33.2 Å². The van der Waals surface area contributed by atoms with Crippen LogP contribution in [0.5, 0.6) is 0 Å². The Hall–Kier alpha value is -1.66. The smallest absolute Gasteiger partial charge is 0.290 e. The second-order valence-corrected chi connectivity index (χ2v) is 7.65. The molecule has 1 aromatic rings. The number of carbonyl (C=O) groups excluding carboxylic acids is 2. The third-order valence-electron chi connectivity index (χ3n) is 3.92. The Morgan fingerprint density at radius 3 is 2.57 bits per heavy atom. The standard InChI is InChI=1S/C17H23NO4S/c1-10-6-9-23-14(10)12-11(15(20)17(2,3)4)13(19)16(21)18(12)7-8-22-5/h6,9,12,19H,7-8H2,1-5H3. The molecule has 0 bridgehead atoms. The topological polar surface area (TPSA) is 66.8 Å². The lowest BCUT2D eigenvalue weighted by molar-refractivity contribution is -0.130. The van der Waals surface area contributed by atoms with Gasteiger partial charge in [0.2, 0.25) is 0 Å². The molecule has 6 heteroatoms. The lowest BCUT2D eigenvalue weighted by atomic mass is 9.83. The fraction of sp³-hybridized carbons (Fsp3) is 0.529. The van der Waals surface area contributed by atoms with E-state index in [1.165, 1.54) is 16.2 Å². The molecule has 1 N–H and O–H groups in total. The minimum atomic E-state index is -0.676. The molecule has 126 valence electrons. The normalized spacial score (nSPS) is 18.9. The number of nitrogens with zero attached hydrogens (tertiary/aromatic N) is 1. The van der Waals surface area contributed by atoms with E-state index in [0.29, 0.717) is 13.2 Å². The van der Waals surface area contributed by atoms with E-state index in [2.05, 4.69) is 0 Å². The van der Waals surface area contributed by atoms with Gasteiger partial charge in [-0.25, -0.2) is 0 Å². The third kappa shape index (κ3) is 3.19. The van der Waals surface area contributed by atoms with Gasteiger partial charge in [0, 0.05) is 23.9 Å². The predicted octanol–water partition coefficient (Wildman–Crippen LogP) is 3.01. The van der Waals surface area contributed by atoms with Crippen molar-refractivity contribution in [1.29, 1.82) is 0 Å². The molecular formula is C17H23NO4S. The van der Waals surface area contributed by atoms with E-state index in [1.54, 1.807) is 27.9 Å². The van der Waals surface area contributed by atoms with Gasteiger partial charge in [0.25, 0.3) is 5.91 Å². The highest BCUT2D eigenvalue weighted by Crippen LogP contribution is 2.43. The number of ketones is 1. The van der Waals surface area contributed by atoms with Crippen LogP contribution in [0.3, 0.4) is 0 Å². The Kier molecular flexibility index (Phi) is 4.96. The minimum Gasteiger partial charge on any atom is -0.503 e. The molecule has 1 aliphatic heterocycles. The molecule has 2 rings (SSSR count). The van der Waals surface area contributed by atoms with E-state index < -0.39 is 23.1 Å². The summed E-state index contributed by atoms with van der Waals surface area (Å²) < 4.78 is 5.07. The summed E-state index contributed by atoms with van der Waals surface area (Å²) in [5.41, 5.74) is 0.526. The Balaban J connectivity index is 2.54. The van der Waals surface area contributed by atoms with Crippen molar-refractivity contribution in [2.75, 3.05) is 20.3 Å². The summed E-state index contributed by atoms with van der Waals surface area (Å²) in [5.74, 6) is -1.15. The quantitative estimate of drug-likeness (QED) is 0.897. The zero-order chi connectivity index (χ0) is 17.4. The molecule has 1 unspecified atom stereocenters. The lowest BCUT2D eigenvalue weighted by Crippen LogP contribution is -2.35. The van der Waals surface area contributed by atoms with E-state index in [4.69, 9.17) is 4.74 Å². The van der Waals surface area contributed by atoms with Gasteiger partial charge in [0.05, 0.1) is 18.2 Å². The van der Waals surface area contributed by atoms with Gasteiger partial charge in [0.15, 0.2) is 11.5 Å². The Morgan fingerprint density at radius 1 is 1.43 bits per heavy atom. The molecule has 1 atom stereocenters. The molecule has 0 spiro atoms. The number of aryl methyl sites for hydroxylation is 1. The number of Topliss-reactive ketones (excluding diaryl/α,β-unsaturated/α-hetero) is 1. The summed E-state index contributed by atoms with van der Waals surface area (Å²) in [6.07, 6.45) is 0. The average Bonchev–Trinajstić information content (AvgIpc) is 2.98. The highest BCUT2D eigenvalue weighted by Gasteiger charge is 2.46. The average molecular weight is 337 g/mol. The number of hydrogen-bond donors (Lipinski definition) is 1. The molecule has 0 radical (unpaired) electrons. The van der Waals surface area contributed by atoms with Gasteiger partial charge in [-0.3, -0.25) is 9.59 Å². The van der Waals surface area contributed by atoms with Crippen LogP contribution in [0.2, 0.25) is 0 Å². The molecular weight excluding hydrogens is 314 g/mol. The van der Waals surface area contributed by atoms with Crippen molar-refractivity contribution in [3.8, 4) is 0 Å². The highest BCUT2D eigenvalue weighted by atomic mass is 32.1. The largest absolute Gasteiger partial charge is 0.503 e. The molecule has 0 saturated carbocycles. The molecule has 0 aromatic carbocycles. The molecule has 23 heavy (non-hydrogen) atoms. The van der Waals surface area contributed by atoms with Crippen LogP contribution in [0.15, 0.2) is 22.8 Å². The third-order valence-corrected chi connectivity index (χ3v) is 4.99. The number of methoxy groups -OCH3 is 1. The first kappa shape index (κ1) is 17.7. The second-order valence-electron chi connectivity index (χ2n) is 6.70. The summed E-state index contributed by atoms with van der Waals surface area (Å²) in [5, 5.41) is 12.3. The van der Waals surface area contributed by atoms with Crippen molar-refractivity contribution >= 4 is 23.0 Å². The number of thiophene rings is 1. The number of amides is 1. The van der Waals surface area contributed by atoms with Gasteiger partial charge >= 0.3 is 0 Å². The first-order chi connectivity index (χ1) is 10.7. The summed E-state index contributed by atoms with van der Waals surface area (Å²) in [6.45, 7) is 7.97. The Bertz CT molecular complexity index is 654. The first-order valence-corrected chi connectivity index (χ1v) is 8.40. The van der Waals surface area contributed by atoms with Crippen LogP contribution in [-0.4, -0.2) is 42.0 Å². The van der Waals surface area contributed by atoms with Crippen molar-refractivity contribution in [2.45, 2.75) is 33.7 Å². The van der Waals surface area contributed by atoms with Gasteiger partial charge in [-0.05, 0) is 23.9 Å². The highest BCUT2D eigenvalue weighted by molar-refractivity contribution is 7.10. The molecule has 0 saturated heterocycles. The maximum Gasteiger partial charge on any atom is 0.290 e. The van der Waals surface area contributed by atoms with Crippen molar-refractivity contribution < 1.29 is 19.4 Å². The molecule has 5 nitrogen and oxygen atoms in total. The van der Waals surface area contributed by atoms with Crippen LogP contribution < -0.4 is 0 Å². The fourth-order valence-electron chi connectivity index (χ4n) is 2.65. The van der Waals surface area contributed by atoms with Crippen LogP contribution in [-0.2, 0) is 14.3 Å². The number of carbonyl (C=O) groups is 2. The maximum absolute atomic E-state index is 12.8. The molecule has 1 aromatic heterocycles. The Morgan fingerprint density at radius 2 is 2.09 bits per heavy atom. The van der Waals surface area contributed by atoms with Gasteiger partial charge < -0.3 is 14.7 Å². The van der Waals surface area contributed by atoms with Gasteiger partial charge in [-0.15, -0.1) is 11.3 Å².